The van der Waals surface area contributed by atoms with E-state index in [1.54, 1.807) is 36.4 Å². The summed E-state index contributed by atoms with van der Waals surface area (Å²) >= 11 is 2.18. The molecule has 178 valence electrons. The van der Waals surface area contributed by atoms with Crippen molar-refractivity contribution in [1.82, 2.24) is 0 Å². The smallest absolute Gasteiger partial charge is 0.337 e. The molecule has 0 radical (unpaired) electrons. The van der Waals surface area contributed by atoms with Crippen LogP contribution in [-0.4, -0.2) is 24.2 Å². The molecule has 0 amide bonds. The highest BCUT2D eigenvalue weighted by Crippen LogP contribution is 2.07. The molecule has 0 unspecified atom stereocenters. The second kappa shape index (κ2) is 15.5. The number of methoxy groups -OCH3 is 1. The summed E-state index contributed by atoms with van der Waals surface area (Å²) in [5.41, 5.74) is 3.55. The van der Waals surface area contributed by atoms with E-state index in [1.807, 2.05) is 72.8 Å². The third-order valence-corrected chi connectivity index (χ3v) is 5.18. The van der Waals surface area contributed by atoms with E-state index in [1.165, 1.54) is 7.11 Å². The van der Waals surface area contributed by atoms with Gasteiger partial charge < -0.3 is 9.84 Å². The lowest BCUT2D eigenvalue weighted by atomic mass is 10.1. The van der Waals surface area contributed by atoms with Gasteiger partial charge in [0.15, 0.2) is 0 Å². The van der Waals surface area contributed by atoms with Crippen molar-refractivity contribution in [3.63, 3.8) is 0 Å². The molecule has 0 heterocycles. The van der Waals surface area contributed by atoms with Gasteiger partial charge in [-0.2, -0.15) is 0 Å². The van der Waals surface area contributed by atoms with Gasteiger partial charge in [0, 0.05) is 20.3 Å². The van der Waals surface area contributed by atoms with Crippen LogP contribution in [-0.2, 0) is 4.74 Å². The number of halogens is 1. The van der Waals surface area contributed by atoms with Crippen molar-refractivity contribution in [2.24, 2.45) is 0 Å². The minimum atomic E-state index is -0.924. The molecule has 4 aromatic carbocycles. The number of hydrogen-bond acceptors (Lipinski definition) is 3. The Balaban J connectivity index is 0.000000206. The van der Waals surface area contributed by atoms with Crippen LogP contribution in [0.25, 0.3) is 0 Å². The molecule has 4 nitrogen and oxygen atoms in total. The minimum absolute atomic E-state index is 0.273. The highest BCUT2D eigenvalue weighted by Gasteiger charge is 2.02. The Morgan fingerprint density at radius 3 is 1.56 bits per heavy atom. The van der Waals surface area contributed by atoms with Gasteiger partial charge in [-0.25, -0.2) is 9.59 Å². The number of carbonyl (C=O) groups excluding carboxylic acids is 1. The number of carboxylic acids is 1. The van der Waals surface area contributed by atoms with E-state index in [0.29, 0.717) is 5.56 Å². The molecular weight excluding hydrogens is 563 g/mol. The van der Waals surface area contributed by atoms with Crippen molar-refractivity contribution >= 4 is 34.5 Å². The third kappa shape index (κ3) is 10.3. The Morgan fingerprint density at radius 1 is 0.694 bits per heavy atom. The monoisotopic (exact) mass is 586 g/mol. The average molecular weight is 586 g/mol. The molecule has 0 saturated carbocycles. The zero-order valence-corrected chi connectivity index (χ0v) is 21.7. The molecule has 0 atom stereocenters. The van der Waals surface area contributed by atoms with Gasteiger partial charge in [0.25, 0.3) is 0 Å². The molecule has 0 bridgehead atoms. The van der Waals surface area contributed by atoms with Crippen LogP contribution in [0.5, 0.6) is 0 Å². The number of benzene rings is 4. The lowest BCUT2D eigenvalue weighted by molar-refractivity contribution is 0.0599. The van der Waals surface area contributed by atoms with Crippen LogP contribution in [0.15, 0.2) is 109 Å². The van der Waals surface area contributed by atoms with E-state index in [0.717, 1.165) is 20.3 Å². The number of carboxylic acid groups (broad SMARTS) is 1. The van der Waals surface area contributed by atoms with Crippen molar-refractivity contribution in [1.29, 1.82) is 0 Å². The summed E-state index contributed by atoms with van der Waals surface area (Å²) in [6, 6.07) is 33.0. The summed E-state index contributed by atoms with van der Waals surface area (Å²) in [7, 11) is 1.38. The van der Waals surface area contributed by atoms with Gasteiger partial charge in [-0.05, 0) is 95.4 Å². The summed E-state index contributed by atoms with van der Waals surface area (Å²) < 4.78 is 5.64. The Labute approximate surface area is 225 Å². The summed E-state index contributed by atoms with van der Waals surface area (Å²) in [6.07, 6.45) is 5.10. The first-order valence-electron chi connectivity index (χ1n) is 10.7. The van der Waals surface area contributed by atoms with Gasteiger partial charge in [0.2, 0.25) is 0 Å². The van der Waals surface area contributed by atoms with E-state index in [9.17, 15) is 9.59 Å². The molecule has 36 heavy (non-hydrogen) atoms. The molecule has 1 N–H and O–H groups in total. The molecule has 0 aliphatic heterocycles. The lowest BCUT2D eigenvalue weighted by Crippen LogP contribution is -2.00. The number of aromatic carboxylic acids is 1. The molecule has 4 rings (SSSR count). The van der Waals surface area contributed by atoms with Crippen molar-refractivity contribution in [3.8, 4) is 24.2 Å². The van der Waals surface area contributed by atoms with E-state index in [2.05, 4.69) is 45.1 Å². The Morgan fingerprint density at radius 2 is 1.14 bits per heavy atom. The molecule has 0 aliphatic carbocycles. The van der Waals surface area contributed by atoms with Gasteiger partial charge in [-0.3, -0.25) is 0 Å². The third-order valence-electron chi connectivity index (χ3n) is 4.46. The zero-order chi connectivity index (χ0) is 26.2. The van der Waals surface area contributed by atoms with Gasteiger partial charge in [0.05, 0.1) is 18.2 Å². The number of esters is 1. The first kappa shape index (κ1) is 27.9. The predicted molar refractivity (Wildman–Crippen MR) is 151 cm³/mol. The zero-order valence-electron chi connectivity index (χ0n) is 19.5. The molecule has 4 aromatic rings. The van der Waals surface area contributed by atoms with Crippen molar-refractivity contribution in [3.05, 3.63) is 141 Å². The Kier molecular flexibility index (Phi) is 12.1. The first-order valence-corrected chi connectivity index (χ1v) is 11.8. The van der Waals surface area contributed by atoms with E-state index in [4.69, 9.17) is 11.5 Å². The molecule has 0 fully saturated rings. The Bertz CT molecular complexity index is 1340. The summed E-state index contributed by atoms with van der Waals surface area (Å²) in [5.74, 6) is 7.31. The molecule has 5 heteroatoms. The van der Waals surface area contributed by atoms with Crippen LogP contribution < -0.4 is 0 Å². The van der Waals surface area contributed by atoms with Crippen LogP contribution in [0.4, 0.5) is 0 Å². The normalized spacial score (nSPS) is 8.92. The van der Waals surface area contributed by atoms with Crippen molar-refractivity contribution in [2.45, 2.75) is 0 Å². The standard InChI is InChI=1S/C15H10O2.C8H7IO2.C8H6/c16-15(17)14-10-8-13(9-11-14)7-6-12-4-2-1-3-5-12;1-11-8(10)6-2-4-7(9)5-3-6;1-2-8-6-4-3-5-7-8/h1-5,8-11H,(H,16,17);2-5H,1H3;1,3-7H. The van der Waals surface area contributed by atoms with Crippen molar-refractivity contribution < 1.29 is 19.4 Å². The maximum atomic E-state index is 10.9. The van der Waals surface area contributed by atoms with Gasteiger partial charge in [-0.15, -0.1) is 6.42 Å². The fourth-order valence-corrected chi connectivity index (χ4v) is 2.96. The SMILES string of the molecule is C#Cc1ccccc1.COC(=O)c1ccc(I)cc1.O=C(O)c1ccc(C#Cc2ccccc2)cc1. The van der Waals surface area contributed by atoms with Crippen LogP contribution in [0.3, 0.4) is 0 Å². The maximum Gasteiger partial charge on any atom is 0.337 e. The van der Waals surface area contributed by atoms with E-state index >= 15 is 0 Å². The molecule has 0 aliphatic rings. The largest absolute Gasteiger partial charge is 0.478 e. The number of hydrogen-bond donors (Lipinski definition) is 1. The van der Waals surface area contributed by atoms with Crippen molar-refractivity contribution in [2.75, 3.05) is 7.11 Å². The maximum absolute atomic E-state index is 10.9. The predicted octanol–water partition coefficient (Wildman–Crippen LogP) is 6.53. The molecule has 0 aromatic heterocycles. The molecular formula is C31H23IO4. The van der Waals surface area contributed by atoms with E-state index in [-0.39, 0.29) is 11.5 Å². The number of carbonyl (C=O) groups is 2. The fraction of sp³-hybridized carbons (Fsp3) is 0.0323. The van der Waals surface area contributed by atoms with Gasteiger partial charge >= 0.3 is 11.9 Å². The number of rotatable bonds is 2. The minimum Gasteiger partial charge on any atom is -0.478 e. The van der Waals surface area contributed by atoms with E-state index < -0.39 is 5.97 Å². The summed E-state index contributed by atoms with van der Waals surface area (Å²) in [5, 5.41) is 8.75. The van der Waals surface area contributed by atoms with Crippen LogP contribution in [0.2, 0.25) is 0 Å². The number of ether oxygens (including phenoxy) is 1. The molecule has 0 saturated heterocycles. The summed E-state index contributed by atoms with van der Waals surface area (Å²) in [6.45, 7) is 0. The quantitative estimate of drug-likeness (QED) is 0.165. The second-order valence-corrected chi connectivity index (χ2v) is 8.25. The van der Waals surface area contributed by atoms with Gasteiger partial charge in [0.1, 0.15) is 0 Å². The Hall–Kier alpha value is -4.33. The first-order chi connectivity index (χ1) is 17.4. The van der Waals surface area contributed by atoms with Crippen LogP contribution >= 0.6 is 22.6 Å². The summed E-state index contributed by atoms with van der Waals surface area (Å²) in [4.78, 5) is 21.6. The van der Waals surface area contributed by atoms with Crippen LogP contribution in [0.1, 0.15) is 37.4 Å². The molecule has 0 spiro atoms. The number of terminal acetylenes is 1. The highest BCUT2D eigenvalue weighted by molar-refractivity contribution is 14.1. The second-order valence-electron chi connectivity index (χ2n) is 7.01. The lowest BCUT2D eigenvalue weighted by Gasteiger charge is -1.97. The topological polar surface area (TPSA) is 63.6 Å². The highest BCUT2D eigenvalue weighted by atomic mass is 127. The average Bonchev–Trinajstić information content (AvgIpc) is 2.94. The van der Waals surface area contributed by atoms with Crippen LogP contribution in [0, 0.1) is 27.8 Å². The fourth-order valence-electron chi connectivity index (χ4n) is 2.60. The van der Waals surface area contributed by atoms with Gasteiger partial charge in [-0.1, -0.05) is 54.2 Å².